The van der Waals surface area contributed by atoms with Gasteiger partial charge in [0, 0.05) is 18.3 Å². The van der Waals surface area contributed by atoms with Crippen molar-refractivity contribution in [2.45, 2.75) is 31.2 Å². The van der Waals surface area contributed by atoms with Crippen LogP contribution in [0.2, 0.25) is 5.02 Å². The largest absolute Gasteiger partial charge is 0.326 e. The maximum Gasteiger partial charge on any atom is 0.266 e. The molecule has 0 amide bonds. The zero-order chi connectivity index (χ0) is 14.8. The summed E-state index contributed by atoms with van der Waals surface area (Å²) >= 11 is 5.67. The second-order valence-electron chi connectivity index (χ2n) is 5.01. The van der Waals surface area contributed by atoms with E-state index in [-0.39, 0.29) is 16.5 Å². The van der Waals surface area contributed by atoms with E-state index in [0.717, 1.165) is 12.3 Å². The Kier molecular flexibility index (Phi) is 4.60. The van der Waals surface area contributed by atoms with Gasteiger partial charge in [-0.25, -0.2) is 8.42 Å². The van der Waals surface area contributed by atoms with Gasteiger partial charge in [0.1, 0.15) is 5.02 Å². The van der Waals surface area contributed by atoms with Gasteiger partial charge in [-0.1, -0.05) is 17.7 Å². The molecule has 0 saturated heterocycles. The van der Waals surface area contributed by atoms with Crippen molar-refractivity contribution < 1.29 is 8.42 Å². The van der Waals surface area contributed by atoms with Gasteiger partial charge in [-0.05, 0) is 26.8 Å². The Labute approximate surface area is 118 Å². The van der Waals surface area contributed by atoms with E-state index >= 15 is 0 Å². The molecule has 0 bridgehead atoms. The molecule has 0 spiro atoms. The minimum Gasteiger partial charge on any atom is -0.326 e. The molecule has 1 aromatic rings. The molecule has 1 rings (SSSR count). The van der Waals surface area contributed by atoms with Crippen molar-refractivity contribution in [1.29, 1.82) is 0 Å². The highest BCUT2D eigenvalue weighted by atomic mass is 35.5. The smallest absolute Gasteiger partial charge is 0.266 e. The monoisotopic (exact) mass is 304 g/mol. The number of halogens is 1. The first kappa shape index (κ1) is 15.9. The third kappa shape index (κ3) is 3.46. The highest BCUT2D eigenvalue weighted by molar-refractivity contribution is 7.89. The summed E-state index contributed by atoms with van der Waals surface area (Å²) < 4.78 is 26.3. The lowest BCUT2D eigenvalue weighted by Crippen LogP contribution is -2.45. The first-order chi connectivity index (χ1) is 8.60. The van der Waals surface area contributed by atoms with Gasteiger partial charge >= 0.3 is 0 Å². The highest BCUT2D eigenvalue weighted by Gasteiger charge is 2.33. The molecule has 0 fully saturated rings. The summed E-state index contributed by atoms with van der Waals surface area (Å²) in [7, 11) is -3.75. The summed E-state index contributed by atoms with van der Waals surface area (Å²) in [4.78, 5) is 13.4. The lowest BCUT2D eigenvalue weighted by atomic mass is 10.1. The van der Waals surface area contributed by atoms with Crippen molar-refractivity contribution in [3.05, 3.63) is 40.3 Å². The van der Waals surface area contributed by atoms with Crippen molar-refractivity contribution in [2.24, 2.45) is 0 Å². The molecular weight excluding hydrogens is 288 g/mol. The van der Waals surface area contributed by atoms with Gasteiger partial charge in [-0.15, -0.1) is 6.58 Å². The number of pyridine rings is 1. The third-order valence-electron chi connectivity index (χ3n) is 2.46. The molecule has 19 heavy (non-hydrogen) atoms. The SMILES string of the molecule is C=CCN(C(C)(C)C)S(=O)(=O)c1c[nH]c(=O)c(Cl)c1. The van der Waals surface area contributed by atoms with Crippen LogP contribution in [0.1, 0.15) is 20.8 Å². The Bertz CT molecular complexity index is 629. The van der Waals surface area contributed by atoms with Crippen molar-refractivity contribution >= 4 is 21.6 Å². The summed E-state index contributed by atoms with van der Waals surface area (Å²) in [5.74, 6) is 0. The number of aromatic nitrogens is 1. The molecule has 0 atom stereocenters. The molecule has 0 aromatic carbocycles. The van der Waals surface area contributed by atoms with Gasteiger partial charge in [0.05, 0.1) is 4.90 Å². The van der Waals surface area contributed by atoms with Crippen LogP contribution in [0.5, 0.6) is 0 Å². The van der Waals surface area contributed by atoms with Crippen molar-refractivity contribution in [3.63, 3.8) is 0 Å². The van der Waals surface area contributed by atoms with E-state index in [4.69, 9.17) is 11.6 Å². The fraction of sp³-hybridized carbons (Fsp3) is 0.417. The molecule has 1 heterocycles. The highest BCUT2D eigenvalue weighted by Crippen LogP contribution is 2.24. The average molecular weight is 305 g/mol. The first-order valence-electron chi connectivity index (χ1n) is 5.62. The van der Waals surface area contributed by atoms with Crippen LogP contribution < -0.4 is 5.56 Å². The number of sulfonamides is 1. The van der Waals surface area contributed by atoms with Gasteiger partial charge in [0.2, 0.25) is 10.0 Å². The Morgan fingerprint density at radius 1 is 1.47 bits per heavy atom. The van der Waals surface area contributed by atoms with Gasteiger partial charge in [0.15, 0.2) is 0 Å². The van der Waals surface area contributed by atoms with Crippen LogP contribution >= 0.6 is 11.6 Å². The van der Waals surface area contributed by atoms with Crippen LogP contribution in [-0.2, 0) is 10.0 Å². The molecule has 5 nitrogen and oxygen atoms in total. The zero-order valence-corrected chi connectivity index (χ0v) is 12.7. The quantitative estimate of drug-likeness (QED) is 0.865. The number of nitrogens with zero attached hydrogens (tertiary/aromatic N) is 1. The minimum absolute atomic E-state index is 0.0473. The number of rotatable bonds is 4. The molecule has 0 radical (unpaired) electrons. The van der Waals surface area contributed by atoms with Crippen molar-refractivity contribution in [3.8, 4) is 0 Å². The number of aromatic amines is 1. The van der Waals surface area contributed by atoms with Gasteiger partial charge < -0.3 is 4.98 Å². The molecule has 7 heteroatoms. The van der Waals surface area contributed by atoms with Crippen LogP contribution in [0.15, 0.2) is 34.6 Å². The van der Waals surface area contributed by atoms with Crippen LogP contribution in [-0.4, -0.2) is 29.8 Å². The molecule has 106 valence electrons. The van der Waals surface area contributed by atoms with E-state index in [1.165, 1.54) is 10.4 Å². The number of hydrogen-bond acceptors (Lipinski definition) is 3. The third-order valence-corrected chi connectivity index (χ3v) is 4.85. The summed E-state index contributed by atoms with van der Waals surface area (Å²) in [5, 5.41) is -0.159. The van der Waals surface area contributed by atoms with E-state index in [9.17, 15) is 13.2 Å². The average Bonchev–Trinajstić information content (AvgIpc) is 2.27. The molecule has 0 aliphatic heterocycles. The number of nitrogens with one attached hydrogen (secondary N) is 1. The molecule has 0 aliphatic carbocycles. The van der Waals surface area contributed by atoms with E-state index in [1.54, 1.807) is 20.8 Å². The summed E-state index contributed by atoms with van der Waals surface area (Å²) in [6.07, 6.45) is 2.65. The molecule has 0 unspecified atom stereocenters. The summed E-state index contributed by atoms with van der Waals surface area (Å²) in [6.45, 7) is 9.07. The summed E-state index contributed by atoms with van der Waals surface area (Å²) in [6, 6.07) is 1.15. The normalized spacial score (nSPS) is 12.7. The fourth-order valence-electron chi connectivity index (χ4n) is 1.56. The van der Waals surface area contributed by atoms with Gasteiger partial charge in [-0.2, -0.15) is 4.31 Å². The Morgan fingerprint density at radius 2 is 2.05 bits per heavy atom. The van der Waals surface area contributed by atoms with Gasteiger partial charge in [-0.3, -0.25) is 4.79 Å². The van der Waals surface area contributed by atoms with E-state index in [2.05, 4.69) is 11.6 Å². The lowest BCUT2D eigenvalue weighted by molar-refractivity contribution is 0.270. The molecular formula is C12H17ClN2O3S. The Morgan fingerprint density at radius 3 is 2.47 bits per heavy atom. The topological polar surface area (TPSA) is 70.2 Å². The lowest BCUT2D eigenvalue weighted by Gasteiger charge is -2.33. The van der Waals surface area contributed by atoms with Crippen LogP contribution in [0, 0.1) is 0 Å². The second-order valence-corrected chi connectivity index (χ2v) is 7.28. The standard InChI is InChI=1S/C12H17ClN2O3S/c1-5-6-15(12(2,3)4)19(17,18)9-7-10(13)11(16)14-8-9/h5,7-8H,1,6H2,2-4H3,(H,14,16). The molecule has 1 N–H and O–H groups in total. The van der Waals surface area contributed by atoms with Crippen LogP contribution in [0.25, 0.3) is 0 Å². The van der Waals surface area contributed by atoms with Crippen LogP contribution in [0.4, 0.5) is 0 Å². The fourth-order valence-corrected chi connectivity index (χ4v) is 3.55. The summed E-state index contributed by atoms with van der Waals surface area (Å²) in [5.41, 5.74) is -1.14. The van der Waals surface area contributed by atoms with E-state index < -0.39 is 21.1 Å². The zero-order valence-electron chi connectivity index (χ0n) is 11.1. The van der Waals surface area contributed by atoms with Crippen LogP contribution in [0.3, 0.4) is 0 Å². The first-order valence-corrected chi connectivity index (χ1v) is 7.44. The second kappa shape index (κ2) is 5.48. The maximum atomic E-state index is 12.5. The Balaban J connectivity index is 3.38. The maximum absolute atomic E-state index is 12.5. The van der Waals surface area contributed by atoms with E-state index in [1.807, 2.05) is 0 Å². The predicted molar refractivity (Wildman–Crippen MR) is 75.9 cm³/mol. The Hall–Kier alpha value is -1.11. The number of hydrogen-bond donors (Lipinski definition) is 1. The number of H-pyrrole nitrogens is 1. The predicted octanol–water partition coefficient (Wildman–Crippen LogP) is 2.00. The minimum atomic E-state index is -3.75. The molecule has 0 saturated carbocycles. The molecule has 0 aliphatic rings. The van der Waals surface area contributed by atoms with Crippen molar-refractivity contribution in [2.75, 3.05) is 6.54 Å². The van der Waals surface area contributed by atoms with Gasteiger partial charge in [0.25, 0.3) is 5.56 Å². The van der Waals surface area contributed by atoms with Crippen molar-refractivity contribution in [1.82, 2.24) is 9.29 Å². The van der Waals surface area contributed by atoms with E-state index in [0.29, 0.717) is 0 Å². The molecule has 1 aromatic heterocycles.